The van der Waals surface area contributed by atoms with Crippen LogP contribution in [0.4, 0.5) is 16.0 Å². The van der Waals surface area contributed by atoms with Crippen molar-refractivity contribution in [2.75, 3.05) is 22.6 Å². The van der Waals surface area contributed by atoms with E-state index in [-0.39, 0.29) is 28.6 Å². The number of halogens is 1. The first-order chi connectivity index (χ1) is 15.8. The zero-order chi connectivity index (χ0) is 22.8. The predicted molar refractivity (Wildman–Crippen MR) is 127 cm³/mol. The molecule has 3 heterocycles. The van der Waals surface area contributed by atoms with Crippen molar-refractivity contribution in [2.45, 2.75) is 43.6 Å². The quantitative estimate of drug-likeness (QED) is 0.525. The maximum atomic E-state index is 15.0. The number of benzene rings is 1. The maximum Gasteiger partial charge on any atom is 0.223 e. The molecule has 3 N–H and O–H groups in total. The van der Waals surface area contributed by atoms with Crippen molar-refractivity contribution in [1.29, 1.82) is 0 Å². The molecule has 0 unspecified atom stereocenters. The van der Waals surface area contributed by atoms with E-state index in [1.165, 1.54) is 0 Å². The predicted octanol–water partition coefficient (Wildman–Crippen LogP) is 4.03. The van der Waals surface area contributed by atoms with E-state index in [9.17, 15) is 12.8 Å². The fourth-order valence-electron chi connectivity index (χ4n) is 5.15. The average molecular weight is 486 g/mol. The van der Waals surface area contributed by atoms with Crippen LogP contribution in [-0.4, -0.2) is 40.9 Å². The van der Waals surface area contributed by atoms with Gasteiger partial charge in [-0.2, -0.15) is 0 Å². The van der Waals surface area contributed by atoms with Crippen molar-refractivity contribution in [3.63, 3.8) is 0 Å². The number of anilines is 2. The Hall–Kier alpha value is -2.59. The second kappa shape index (κ2) is 7.46. The van der Waals surface area contributed by atoms with Crippen molar-refractivity contribution < 1.29 is 12.8 Å². The van der Waals surface area contributed by atoms with E-state index >= 15 is 0 Å². The number of nitrogens with two attached hydrogens (primary N) is 1. The van der Waals surface area contributed by atoms with Crippen LogP contribution in [0.15, 0.2) is 30.5 Å². The van der Waals surface area contributed by atoms with Crippen molar-refractivity contribution in [3.05, 3.63) is 41.3 Å². The Bertz CT molecular complexity index is 1330. The van der Waals surface area contributed by atoms with Gasteiger partial charge in [-0.05, 0) is 56.2 Å². The molecule has 1 saturated heterocycles. The minimum absolute atomic E-state index is 0.00686. The van der Waals surface area contributed by atoms with Crippen LogP contribution in [0.5, 0.6) is 0 Å². The van der Waals surface area contributed by atoms with Crippen molar-refractivity contribution >= 4 is 32.8 Å². The van der Waals surface area contributed by atoms with Crippen LogP contribution in [0.2, 0.25) is 0 Å². The zero-order valence-electron chi connectivity index (χ0n) is 17.9. The fourth-order valence-corrected chi connectivity index (χ4v) is 7.91. The fraction of sp³-hybridized carbons (Fsp3) is 0.435. The molecular weight excluding hydrogens is 461 g/mol. The Labute approximate surface area is 195 Å². The Morgan fingerprint density at radius 1 is 1.12 bits per heavy atom. The third-order valence-electron chi connectivity index (χ3n) is 7.18. The number of thiazole rings is 1. The number of rotatable bonds is 5. The number of aromatic nitrogens is 3. The van der Waals surface area contributed by atoms with Gasteiger partial charge in [0.15, 0.2) is 5.82 Å². The number of hydrogen-bond donors (Lipinski definition) is 2. The first-order valence-electron chi connectivity index (χ1n) is 11.2. The molecule has 2 bridgehead atoms. The monoisotopic (exact) mass is 485 g/mol. The molecule has 0 spiro atoms. The normalized spacial score (nSPS) is 25.8. The summed E-state index contributed by atoms with van der Waals surface area (Å²) in [5, 5.41) is 4.32. The summed E-state index contributed by atoms with van der Waals surface area (Å²) in [6.45, 7) is 0. The highest BCUT2D eigenvalue weighted by molar-refractivity contribution is 7.91. The minimum Gasteiger partial charge on any atom is -0.396 e. The van der Waals surface area contributed by atoms with Gasteiger partial charge in [-0.25, -0.2) is 27.8 Å². The number of sulfone groups is 1. The topological polar surface area (TPSA) is 111 Å². The molecular formula is C23H24FN5O2S2. The summed E-state index contributed by atoms with van der Waals surface area (Å²) in [5.74, 6) is 1.12. The first kappa shape index (κ1) is 21.0. The highest BCUT2D eigenvalue weighted by atomic mass is 32.2. The molecule has 3 saturated carbocycles. The standard InChI is InChI=1S/C23H24FN5O2S2/c24-18-15(2-1-3-16(18)25)19-20(32-21(29-19)23-10-13(11-23)12-23)17-4-7-26-22(28-17)27-14-5-8-33(30,31)9-6-14/h1-4,7,13-14H,5-6,8-12,25H2,(H,26,27,28). The van der Waals surface area contributed by atoms with E-state index in [4.69, 9.17) is 15.7 Å². The molecule has 3 aliphatic carbocycles. The Morgan fingerprint density at radius 3 is 2.58 bits per heavy atom. The van der Waals surface area contributed by atoms with Gasteiger partial charge < -0.3 is 11.1 Å². The van der Waals surface area contributed by atoms with E-state index in [2.05, 4.69) is 10.3 Å². The smallest absolute Gasteiger partial charge is 0.223 e. The number of nitrogens with one attached hydrogen (secondary N) is 1. The summed E-state index contributed by atoms with van der Waals surface area (Å²) in [6.07, 6.45) is 6.19. The lowest BCUT2D eigenvalue weighted by molar-refractivity contribution is -0.0274. The van der Waals surface area contributed by atoms with Gasteiger partial charge in [0.25, 0.3) is 0 Å². The van der Waals surface area contributed by atoms with Gasteiger partial charge >= 0.3 is 0 Å². The molecule has 3 aromatic rings. The lowest BCUT2D eigenvalue weighted by atomic mass is 9.45. The van der Waals surface area contributed by atoms with Crippen LogP contribution in [-0.2, 0) is 15.3 Å². The number of hydrogen-bond acceptors (Lipinski definition) is 8. The van der Waals surface area contributed by atoms with Gasteiger partial charge in [0, 0.05) is 23.2 Å². The number of nitrogen functional groups attached to an aromatic ring is 1. The average Bonchev–Trinajstić information content (AvgIpc) is 3.14. The summed E-state index contributed by atoms with van der Waals surface area (Å²) in [4.78, 5) is 14.8. The van der Waals surface area contributed by atoms with Gasteiger partial charge in [-0.1, -0.05) is 6.07 Å². The minimum atomic E-state index is -2.94. The molecule has 172 valence electrons. The molecule has 7 rings (SSSR count). The molecule has 0 atom stereocenters. The van der Waals surface area contributed by atoms with Crippen LogP contribution < -0.4 is 11.1 Å². The molecule has 4 aliphatic rings. The SMILES string of the molecule is Nc1cccc(-c2nc(C34CC(C3)C4)sc2-c2ccnc(NC3CCS(=O)(=O)CC3)n2)c1F. The lowest BCUT2D eigenvalue weighted by Crippen LogP contribution is -2.55. The lowest BCUT2D eigenvalue weighted by Gasteiger charge is -2.60. The molecule has 2 aromatic heterocycles. The van der Waals surface area contributed by atoms with E-state index < -0.39 is 15.7 Å². The van der Waals surface area contributed by atoms with Gasteiger partial charge in [-0.15, -0.1) is 11.3 Å². The second-order valence-corrected chi connectivity index (χ2v) is 12.8. The van der Waals surface area contributed by atoms with Gasteiger partial charge in [0.2, 0.25) is 5.95 Å². The van der Waals surface area contributed by atoms with Crippen LogP contribution in [0.1, 0.15) is 37.1 Å². The molecule has 10 heteroatoms. The van der Waals surface area contributed by atoms with Crippen LogP contribution in [0.3, 0.4) is 0 Å². The zero-order valence-corrected chi connectivity index (χ0v) is 19.6. The van der Waals surface area contributed by atoms with E-state index in [0.717, 1.165) is 35.1 Å². The van der Waals surface area contributed by atoms with Crippen molar-refractivity contribution in [3.8, 4) is 21.8 Å². The van der Waals surface area contributed by atoms with Crippen LogP contribution >= 0.6 is 11.3 Å². The molecule has 0 amide bonds. The second-order valence-electron chi connectivity index (χ2n) is 9.50. The Kier molecular flexibility index (Phi) is 4.74. The molecule has 4 fully saturated rings. The van der Waals surface area contributed by atoms with Crippen LogP contribution in [0, 0.1) is 11.7 Å². The summed E-state index contributed by atoms with van der Waals surface area (Å²) in [7, 11) is -2.94. The maximum absolute atomic E-state index is 15.0. The Morgan fingerprint density at radius 2 is 1.88 bits per heavy atom. The van der Waals surface area contributed by atoms with Gasteiger partial charge in [0.1, 0.15) is 14.8 Å². The van der Waals surface area contributed by atoms with E-state index in [1.54, 1.807) is 35.7 Å². The summed E-state index contributed by atoms with van der Waals surface area (Å²) < 4.78 is 38.4. The van der Waals surface area contributed by atoms with Gasteiger partial charge in [0.05, 0.1) is 33.5 Å². The summed E-state index contributed by atoms with van der Waals surface area (Å²) >= 11 is 1.58. The molecule has 1 aromatic carbocycles. The molecule has 0 radical (unpaired) electrons. The van der Waals surface area contributed by atoms with E-state index in [1.807, 2.05) is 6.07 Å². The number of nitrogens with zero attached hydrogens (tertiary/aromatic N) is 3. The summed E-state index contributed by atoms with van der Waals surface area (Å²) in [5.41, 5.74) is 7.70. The third kappa shape index (κ3) is 3.59. The van der Waals surface area contributed by atoms with E-state index in [0.29, 0.717) is 35.7 Å². The van der Waals surface area contributed by atoms with Crippen LogP contribution in [0.25, 0.3) is 21.8 Å². The molecule has 33 heavy (non-hydrogen) atoms. The highest BCUT2D eigenvalue weighted by Crippen LogP contribution is 2.66. The van der Waals surface area contributed by atoms with Crippen molar-refractivity contribution in [2.24, 2.45) is 5.92 Å². The Balaban J connectivity index is 1.37. The first-order valence-corrected chi connectivity index (χ1v) is 13.8. The third-order valence-corrected chi connectivity index (χ3v) is 10.2. The largest absolute Gasteiger partial charge is 0.396 e. The highest BCUT2D eigenvalue weighted by Gasteiger charge is 2.59. The van der Waals surface area contributed by atoms with Crippen molar-refractivity contribution in [1.82, 2.24) is 15.0 Å². The summed E-state index contributed by atoms with van der Waals surface area (Å²) in [6, 6.07) is 6.81. The molecule has 7 nitrogen and oxygen atoms in total. The van der Waals surface area contributed by atoms with Gasteiger partial charge in [-0.3, -0.25) is 0 Å². The molecule has 1 aliphatic heterocycles.